The second-order valence-electron chi connectivity index (χ2n) is 7.42. The van der Waals surface area contributed by atoms with E-state index in [0.29, 0.717) is 16.0 Å². The van der Waals surface area contributed by atoms with Crippen LogP contribution in [-0.2, 0) is 4.79 Å². The van der Waals surface area contributed by atoms with Crippen molar-refractivity contribution in [3.05, 3.63) is 78.1 Å². The van der Waals surface area contributed by atoms with E-state index in [1.807, 2.05) is 65.2 Å². The molecule has 9 heteroatoms. The first-order valence-corrected chi connectivity index (χ1v) is 12.3. The van der Waals surface area contributed by atoms with Crippen molar-refractivity contribution in [3.63, 3.8) is 0 Å². The van der Waals surface area contributed by atoms with Gasteiger partial charge in [0.25, 0.3) is 0 Å². The third-order valence-corrected chi connectivity index (χ3v) is 6.43. The molecular formula is C25H25ClN6OS. The Bertz CT molecular complexity index is 1220. The summed E-state index contributed by atoms with van der Waals surface area (Å²) < 4.78 is 1.91. The molecule has 1 amide bonds. The molecule has 4 aromatic rings. The molecule has 2 heterocycles. The molecule has 7 nitrogen and oxygen atoms in total. The number of pyridine rings is 1. The molecule has 2 aromatic heterocycles. The number of nitrogens with zero attached hydrogens (tertiary/aromatic N) is 5. The number of hydrogen-bond acceptors (Lipinski definition) is 6. The van der Waals surface area contributed by atoms with Crippen molar-refractivity contribution in [2.24, 2.45) is 0 Å². The minimum absolute atomic E-state index is 0.117. The first kappa shape index (κ1) is 23.8. The lowest BCUT2D eigenvalue weighted by atomic mass is 10.2. The van der Waals surface area contributed by atoms with E-state index in [1.165, 1.54) is 11.8 Å². The van der Waals surface area contributed by atoms with Crippen molar-refractivity contribution in [2.45, 2.75) is 19.0 Å². The van der Waals surface area contributed by atoms with E-state index in [0.717, 1.165) is 35.7 Å². The van der Waals surface area contributed by atoms with Gasteiger partial charge >= 0.3 is 0 Å². The monoisotopic (exact) mass is 492 g/mol. The molecule has 0 spiro atoms. The maximum atomic E-state index is 12.7. The number of anilines is 2. The fourth-order valence-electron chi connectivity index (χ4n) is 3.54. The molecular weight excluding hydrogens is 468 g/mol. The predicted octanol–water partition coefficient (Wildman–Crippen LogP) is 5.56. The maximum absolute atomic E-state index is 12.7. The Kier molecular flexibility index (Phi) is 7.82. The quantitative estimate of drug-likeness (QED) is 0.308. The number of rotatable bonds is 9. The molecule has 0 unspecified atom stereocenters. The van der Waals surface area contributed by atoms with Gasteiger partial charge in [-0.1, -0.05) is 23.4 Å². The van der Waals surface area contributed by atoms with Crippen LogP contribution in [0.1, 0.15) is 13.8 Å². The van der Waals surface area contributed by atoms with Crippen LogP contribution in [0.25, 0.3) is 17.1 Å². The van der Waals surface area contributed by atoms with E-state index in [9.17, 15) is 4.79 Å². The van der Waals surface area contributed by atoms with E-state index in [-0.39, 0.29) is 11.7 Å². The third kappa shape index (κ3) is 5.58. The van der Waals surface area contributed by atoms with Crippen LogP contribution in [0.5, 0.6) is 0 Å². The third-order valence-electron chi connectivity index (χ3n) is 5.25. The van der Waals surface area contributed by atoms with Crippen molar-refractivity contribution in [2.75, 3.05) is 29.1 Å². The fourth-order valence-corrected chi connectivity index (χ4v) is 4.42. The van der Waals surface area contributed by atoms with Crippen molar-refractivity contribution >= 4 is 40.6 Å². The summed E-state index contributed by atoms with van der Waals surface area (Å²) in [6.07, 6.45) is 3.44. The van der Waals surface area contributed by atoms with Crippen molar-refractivity contribution < 1.29 is 4.79 Å². The summed E-state index contributed by atoms with van der Waals surface area (Å²) in [5.74, 6) is 0.718. The van der Waals surface area contributed by atoms with Crippen LogP contribution < -0.4 is 10.2 Å². The number of nitrogens with one attached hydrogen (secondary N) is 1. The minimum Gasteiger partial charge on any atom is -0.372 e. The van der Waals surface area contributed by atoms with Gasteiger partial charge in [0.15, 0.2) is 11.0 Å². The number of aromatic nitrogens is 4. The number of carbonyl (C=O) groups excluding carboxylic acids is 1. The highest BCUT2D eigenvalue weighted by molar-refractivity contribution is 7.99. The highest BCUT2D eigenvalue weighted by Gasteiger charge is 2.17. The van der Waals surface area contributed by atoms with E-state index in [2.05, 4.69) is 39.2 Å². The van der Waals surface area contributed by atoms with Crippen LogP contribution in [0, 0.1) is 0 Å². The Hall–Kier alpha value is -3.36. The molecule has 0 fully saturated rings. The van der Waals surface area contributed by atoms with Crippen LogP contribution >= 0.6 is 23.4 Å². The van der Waals surface area contributed by atoms with Gasteiger partial charge in [-0.25, -0.2) is 0 Å². The summed E-state index contributed by atoms with van der Waals surface area (Å²) in [6.45, 7) is 6.13. The van der Waals surface area contributed by atoms with Crippen LogP contribution in [0.3, 0.4) is 0 Å². The highest BCUT2D eigenvalue weighted by Crippen LogP contribution is 2.28. The van der Waals surface area contributed by atoms with Crippen molar-refractivity contribution in [1.29, 1.82) is 0 Å². The molecule has 174 valence electrons. The first-order valence-electron chi connectivity index (χ1n) is 11.0. The van der Waals surface area contributed by atoms with Gasteiger partial charge in [-0.2, -0.15) is 0 Å². The smallest absolute Gasteiger partial charge is 0.234 e. The van der Waals surface area contributed by atoms with Crippen LogP contribution in [0.15, 0.2) is 78.2 Å². The summed E-state index contributed by atoms with van der Waals surface area (Å²) in [5.41, 5.74) is 3.57. The largest absolute Gasteiger partial charge is 0.372 e. The molecule has 0 aliphatic carbocycles. The standard InChI is InChI=1S/C25H25ClN6OS/c1-3-31(4-2)21-13-9-20(10-14-21)28-23(33)17-34-25-30-29-24(18-6-5-15-27-16-18)32(25)22-11-7-19(26)8-12-22/h5-16H,3-4,17H2,1-2H3,(H,28,33). The molecule has 0 aliphatic rings. The van der Waals surface area contributed by atoms with Crippen molar-refractivity contribution in [3.8, 4) is 17.1 Å². The number of benzene rings is 2. The molecule has 0 aliphatic heterocycles. The molecule has 0 saturated carbocycles. The number of carbonyl (C=O) groups is 1. The Balaban J connectivity index is 1.50. The number of amides is 1. The molecule has 0 atom stereocenters. The van der Waals surface area contributed by atoms with Gasteiger partial charge in [0.05, 0.1) is 5.75 Å². The molecule has 4 rings (SSSR count). The lowest BCUT2D eigenvalue weighted by Crippen LogP contribution is -2.21. The summed E-state index contributed by atoms with van der Waals surface area (Å²) in [6, 6.07) is 19.1. The van der Waals surface area contributed by atoms with Gasteiger partial charge < -0.3 is 10.2 Å². The Morgan fingerprint density at radius 2 is 1.76 bits per heavy atom. The number of thioether (sulfide) groups is 1. The molecule has 0 saturated heterocycles. The summed E-state index contributed by atoms with van der Waals surface area (Å²) in [5, 5.41) is 12.9. The number of hydrogen-bond donors (Lipinski definition) is 1. The molecule has 34 heavy (non-hydrogen) atoms. The molecule has 2 aromatic carbocycles. The Morgan fingerprint density at radius 3 is 2.41 bits per heavy atom. The van der Waals surface area contributed by atoms with Gasteiger partial charge in [-0.05, 0) is 74.5 Å². The van der Waals surface area contributed by atoms with Gasteiger partial charge in [0.2, 0.25) is 5.91 Å². The molecule has 0 radical (unpaired) electrons. The minimum atomic E-state index is -0.117. The zero-order valence-corrected chi connectivity index (χ0v) is 20.6. The molecule has 0 bridgehead atoms. The summed E-state index contributed by atoms with van der Waals surface area (Å²) in [4.78, 5) is 19.1. The Labute approximate surface area is 208 Å². The van der Waals surface area contributed by atoms with E-state index < -0.39 is 0 Å². The van der Waals surface area contributed by atoms with E-state index >= 15 is 0 Å². The fraction of sp³-hybridized carbons (Fsp3) is 0.200. The zero-order chi connectivity index (χ0) is 23.9. The van der Waals surface area contributed by atoms with Crippen LogP contribution in [0.4, 0.5) is 11.4 Å². The summed E-state index contributed by atoms with van der Waals surface area (Å²) >= 11 is 7.40. The summed E-state index contributed by atoms with van der Waals surface area (Å²) in [7, 11) is 0. The van der Waals surface area contributed by atoms with Crippen LogP contribution in [-0.4, -0.2) is 44.5 Å². The highest BCUT2D eigenvalue weighted by atomic mass is 35.5. The average Bonchev–Trinajstić information content (AvgIpc) is 3.29. The molecule has 1 N–H and O–H groups in total. The van der Waals surface area contributed by atoms with Crippen LogP contribution in [0.2, 0.25) is 5.02 Å². The second kappa shape index (κ2) is 11.2. The van der Waals surface area contributed by atoms with Gasteiger partial charge in [0, 0.05) is 53.1 Å². The SMILES string of the molecule is CCN(CC)c1ccc(NC(=O)CSc2nnc(-c3cccnc3)n2-c2ccc(Cl)cc2)cc1. The maximum Gasteiger partial charge on any atom is 0.234 e. The van der Waals surface area contributed by atoms with Gasteiger partial charge in [0.1, 0.15) is 0 Å². The van der Waals surface area contributed by atoms with Crippen molar-refractivity contribution in [1.82, 2.24) is 19.7 Å². The normalized spacial score (nSPS) is 10.8. The Morgan fingerprint density at radius 1 is 1.03 bits per heavy atom. The zero-order valence-electron chi connectivity index (χ0n) is 19.0. The predicted molar refractivity (Wildman–Crippen MR) is 139 cm³/mol. The number of halogens is 1. The lowest BCUT2D eigenvalue weighted by Gasteiger charge is -2.21. The van der Waals surface area contributed by atoms with Gasteiger partial charge in [-0.15, -0.1) is 10.2 Å². The second-order valence-corrected chi connectivity index (χ2v) is 8.79. The van der Waals surface area contributed by atoms with Gasteiger partial charge in [-0.3, -0.25) is 14.3 Å². The topological polar surface area (TPSA) is 75.9 Å². The first-order chi connectivity index (χ1) is 16.6. The van der Waals surface area contributed by atoms with E-state index in [1.54, 1.807) is 12.4 Å². The lowest BCUT2D eigenvalue weighted by molar-refractivity contribution is -0.113. The average molecular weight is 493 g/mol. The van der Waals surface area contributed by atoms with E-state index in [4.69, 9.17) is 11.6 Å².